The zero-order valence-corrected chi connectivity index (χ0v) is 20.2. The second-order valence-electron chi connectivity index (χ2n) is 10.2. The van der Waals surface area contributed by atoms with Crippen LogP contribution in [0.5, 0.6) is 5.75 Å². The number of nitrogens with zero attached hydrogens (tertiary/aromatic N) is 2. The highest BCUT2D eigenvalue weighted by Crippen LogP contribution is 2.52. The molecule has 1 amide bonds. The van der Waals surface area contributed by atoms with Gasteiger partial charge in [-0.25, -0.2) is 0 Å². The van der Waals surface area contributed by atoms with Crippen molar-refractivity contribution in [2.24, 2.45) is 29.4 Å². The molecular formula is C26H26N4O7. The highest BCUT2D eigenvalue weighted by molar-refractivity contribution is 6.32. The van der Waals surface area contributed by atoms with Crippen LogP contribution in [0, 0.1) is 23.7 Å². The Bertz CT molecular complexity index is 1390. The minimum atomic E-state index is -2.77. The van der Waals surface area contributed by atoms with Gasteiger partial charge >= 0.3 is 0 Å². The summed E-state index contributed by atoms with van der Waals surface area (Å²) in [5.74, 6) is -11.1. The van der Waals surface area contributed by atoms with Crippen molar-refractivity contribution >= 4 is 34.7 Å². The number of benzene rings is 1. The number of Topliss-reactive ketones (excluding diaryl/α,β-unsaturated/α-hetero) is 4. The Morgan fingerprint density at radius 3 is 2.46 bits per heavy atom. The lowest BCUT2D eigenvalue weighted by molar-refractivity contribution is -0.181. The first kappa shape index (κ1) is 24.7. The average Bonchev–Trinajstić information content (AvgIpc) is 2.83. The lowest BCUT2D eigenvalue weighted by atomic mass is 9.52. The summed E-state index contributed by atoms with van der Waals surface area (Å²) in [6.45, 7) is 0. The second kappa shape index (κ2) is 8.29. The van der Waals surface area contributed by atoms with Crippen LogP contribution in [0.3, 0.4) is 0 Å². The number of rotatable bonds is 3. The third kappa shape index (κ3) is 3.27. The first-order valence-corrected chi connectivity index (χ1v) is 11.8. The predicted octanol–water partition coefficient (Wildman–Crippen LogP) is -0.489. The number of amides is 1. The summed E-state index contributed by atoms with van der Waals surface area (Å²) in [5, 5.41) is 22.4. The molecule has 0 spiro atoms. The van der Waals surface area contributed by atoms with E-state index in [4.69, 9.17) is 11.5 Å². The highest BCUT2D eigenvalue weighted by atomic mass is 16.3. The molecule has 11 heteroatoms. The quantitative estimate of drug-likeness (QED) is 0.240. The number of hydrogen-bond donors (Lipinski definition) is 4. The van der Waals surface area contributed by atoms with E-state index in [0.717, 1.165) is 0 Å². The number of nitrogens with two attached hydrogens (primary N) is 2. The maximum Gasteiger partial charge on any atom is 0.235 e. The van der Waals surface area contributed by atoms with E-state index < -0.39 is 70.1 Å². The number of hydrogen-bond acceptors (Lipinski definition) is 10. The van der Waals surface area contributed by atoms with Crippen molar-refractivity contribution < 1.29 is 34.2 Å². The Morgan fingerprint density at radius 1 is 1.16 bits per heavy atom. The van der Waals surface area contributed by atoms with Crippen molar-refractivity contribution in [3.05, 3.63) is 41.6 Å². The first-order chi connectivity index (χ1) is 17.4. The van der Waals surface area contributed by atoms with E-state index >= 15 is 0 Å². The van der Waals surface area contributed by atoms with Gasteiger partial charge in [0.2, 0.25) is 5.91 Å². The van der Waals surface area contributed by atoms with E-state index in [1.54, 1.807) is 24.4 Å². The molecule has 0 aliphatic heterocycles. The van der Waals surface area contributed by atoms with Gasteiger partial charge in [-0.3, -0.25) is 33.9 Å². The van der Waals surface area contributed by atoms with Crippen LogP contribution >= 0.6 is 0 Å². The molecule has 1 heterocycles. The third-order valence-corrected chi connectivity index (χ3v) is 8.03. The van der Waals surface area contributed by atoms with E-state index in [1.165, 1.54) is 25.1 Å². The van der Waals surface area contributed by atoms with Crippen LogP contribution in [-0.4, -0.2) is 74.9 Å². The summed E-state index contributed by atoms with van der Waals surface area (Å²) in [6, 6.07) is 5.55. The van der Waals surface area contributed by atoms with Crippen LogP contribution in [-0.2, 0) is 25.6 Å². The van der Waals surface area contributed by atoms with Crippen LogP contribution in [0.2, 0.25) is 0 Å². The van der Waals surface area contributed by atoms with E-state index in [-0.39, 0.29) is 24.1 Å². The summed E-state index contributed by atoms with van der Waals surface area (Å²) in [7, 11) is 3.07. The van der Waals surface area contributed by atoms with Crippen molar-refractivity contribution in [2.75, 3.05) is 19.8 Å². The Kier molecular flexibility index (Phi) is 5.54. The van der Waals surface area contributed by atoms with E-state index in [0.29, 0.717) is 16.8 Å². The number of primary amides is 1. The smallest absolute Gasteiger partial charge is 0.235 e. The molecule has 0 radical (unpaired) electrons. The van der Waals surface area contributed by atoms with Gasteiger partial charge in [0.15, 0.2) is 34.7 Å². The van der Waals surface area contributed by atoms with Gasteiger partial charge in [0, 0.05) is 17.7 Å². The molecule has 0 bridgehead atoms. The number of nitrogen functional groups attached to an aromatic ring is 1. The summed E-state index contributed by atoms with van der Waals surface area (Å²) in [5.41, 5.74) is 9.78. The number of aliphatic hydroxyl groups is 1. The van der Waals surface area contributed by atoms with Crippen LogP contribution in [0.15, 0.2) is 30.5 Å². The Morgan fingerprint density at radius 2 is 1.86 bits per heavy atom. The van der Waals surface area contributed by atoms with Gasteiger partial charge in [0.1, 0.15) is 5.75 Å². The maximum absolute atomic E-state index is 13.8. The zero-order valence-electron chi connectivity index (χ0n) is 20.2. The molecule has 5 rings (SSSR count). The molecule has 3 aliphatic carbocycles. The number of pyridine rings is 1. The van der Waals surface area contributed by atoms with E-state index in [2.05, 4.69) is 4.98 Å². The maximum atomic E-state index is 13.8. The standard InChI is InChI=1S/C26H26N4O7/c1-30(2)19-13-8-10-7-12-11(15-5-3-4-6-29-15)9-14(27)20(31)17(12)21(32)16(10)23(34)26(13,37)24(35)18(22(19)33)25(28)36/h3-6,9-10,13,16,18-19,31,37H,7-8,27H2,1-2H3,(H2,28,36)/t10-,13-,16?,18?,19-,26-/m0/s1. The molecule has 6 atom stereocenters. The van der Waals surface area contributed by atoms with Crippen LogP contribution < -0.4 is 11.5 Å². The van der Waals surface area contributed by atoms with Crippen molar-refractivity contribution in [1.82, 2.24) is 9.88 Å². The fraction of sp³-hybridized carbons (Fsp3) is 0.385. The predicted molar refractivity (Wildman–Crippen MR) is 129 cm³/mol. The van der Waals surface area contributed by atoms with Gasteiger partial charge in [0.25, 0.3) is 0 Å². The van der Waals surface area contributed by atoms with Crippen molar-refractivity contribution in [1.29, 1.82) is 0 Å². The van der Waals surface area contributed by atoms with Crippen LogP contribution in [0.1, 0.15) is 22.3 Å². The van der Waals surface area contributed by atoms with Gasteiger partial charge in [0.05, 0.1) is 28.9 Å². The van der Waals surface area contributed by atoms with Gasteiger partial charge in [-0.1, -0.05) is 6.07 Å². The number of ketones is 4. The van der Waals surface area contributed by atoms with E-state index in [1.807, 2.05) is 0 Å². The molecule has 6 N–H and O–H groups in total. The lowest BCUT2D eigenvalue weighted by Gasteiger charge is -2.52. The summed E-state index contributed by atoms with van der Waals surface area (Å²) >= 11 is 0. The Labute approximate surface area is 211 Å². The highest BCUT2D eigenvalue weighted by Gasteiger charge is 2.69. The number of anilines is 1. The van der Waals surface area contributed by atoms with Gasteiger partial charge < -0.3 is 21.7 Å². The molecule has 1 aromatic heterocycles. The van der Waals surface area contributed by atoms with Gasteiger partial charge in [-0.15, -0.1) is 0 Å². The average molecular weight is 507 g/mol. The fourth-order valence-corrected chi connectivity index (χ4v) is 6.44. The molecule has 2 unspecified atom stereocenters. The molecule has 0 saturated heterocycles. The summed E-state index contributed by atoms with van der Waals surface area (Å²) < 4.78 is 0. The van der Waals surface area contributed by atoms with Crippen LogP contribution in [0.4, 0.5) is 5.69 Å². The van der Waals surface area contributed by atoms with Crippen molar-refractivity contribution in [3.63, 3.8) is 0 Å². The van der Waals surface area contributed by atoms with Gasteiger partial charge in [-0.05, 0) is 56.6 Å². The first-order valence-electron chi connectivity index (χ1n) is 11.8. The lowest BCUT2D eigenvalue weighted by Crippen LogP contribution is -2.74. The summed E-state index contributed by atoms with van der Waals surface area (Å²) in [6.07, 6.45) is 1.67. The van der Waals surface area contributed by atoms with Crippen LogP contribution in [0.25, 0.3) is 11.3 Å². The molecule has 2 fully saturated rings. The molecule has 1 aromatic carbocycles. The molecule has 2 aromatic rings. The number of aromatic hydroxyl groups is 1. The summed E-state index contributed by atoms with van der Waals surface area (Å²) in [4.78, 5) is 71.9. The van der Waals surface area contributed by atoms with Gasteiger partial charge in [-0.2, -0.15) is 0 Å². The number of carbonyl (C=O) groups is 5. The number of aromatic nitrogens is 1. The Hall–Kier alpha value is -3.96. The monoisotopic (exact) mass is 506 g/mol. The third-order valence-electron chi connectivity index (χ3n) is 8.03. The molecular weight excluding hydrogens is 480 g/mol. The number of likely N-dealkylation sites (N-methyl/N-ethyl adjacent to an activating group) is 1. The molecule has 192 valence electrons. The SMILES string of the molecule is CN(C)[C@@H]1C(=O)C(C(N)=O)C(=O)[C@@]2(O)C(=O)C3C(=O)c4c(O)c(N)cc(-c5ccccn5)c4C[C@H]3C[C@@H]12. The second-order valence-corrected chi connectivity index (χ2v) is 10.2. The molecule has 2 saturated carbocycles. The molecule has 3 aliphatic rings. The number of carbonyl (C=O) groups excluding carboxylic acids is 5. The Balaban J connectivity index is 1.69. The number of phenolic OH excluding ortho intramolecular Hbond substituents is 1. The van der Waals surface area contributed by atoms with Crippen molar-refractivity contribution in [3.8, 4) is 17.0 Å². The largest absolute Gasteiger partial charge is 0.505 e. The fourth-order valence-electron chi connectivity index (χ4n) is 6.44. The molecule has 37 heavy (non-hydrogen) atoms. The number of phenols is 1. The normalized spacial score (nSPS) is 31.1. The van der Waals surface area contributed by atoms with E-state index in [9.17, 15) is 34.2 Å². The zero-order chi connectivity index (χ0) is 27.0. The minimum Gasteiger partial charge on any atom is -0.505 e. The minimum absolute atomic E-state index is 0.0311. The molecule has 11 nitrogen and oxygen atoms in total. The van der Waals surface area contributed by atoms with Crippen molar-refractivity contribution in [2.45, 2.75) is 24.5 Å². The topological polar surface area (TPSA) is 194 Å². The number of fused-ring (bicyclic) bond motifs is 3.